The van der Waals surface area contributed by atoms with Gasteiger partial charge in [0, 0.05) is 12.6 Å². The predicted octanol–water partition coefficient (Wildman–Crippen LogP) is 1.91. The van der Waals surface area contributed by atoms with E-state index in [4.69, 9.17) is 21.1 Å². The fraction of sp³-hybridized carbons (Fsp3) is 0.500. The summed E-state index contributed by atoms with van der Waals surface area (Å²) in [6.07, 6.45) is 2.05. The molecule has 0 radical (unpaired) electrons. The average Bonchev–Trinajstić information content (AvgIpc) is 3.04. The topological polar surface area (TPSA) is 77.8 Å². The molecule has 7 nitrogen and oxygen atoms in total. The zero-order valence-electron chi connectivity index (χ0n) is 12.4. The van der Waals surface area contributed by atoms with Gasteiger partial charge in [0.25, 0.3) is 5.91 Å². The molecule has 2 aromatic heterocycles. The first-order valence-electron chi connectivity index (χ1n) is 7.07. The molecule has 0 bridgehead atoms. The van der Waals surface area contributed by atoms with Crippen LogP contribution in [0.3, 0.4) is 0 Å². The van der Waals surface area contributed by atoms with Gasteiger partial charge in [-0.1, -0.05) is 11.6 Å². The Morgan fingerprint density at radius 1 is 1.55 bits per heavy atom. The zero-order chi connectivity index (χ0) is 15.7. The third-order valence-electron chi connectivity index (χ3n) is 3.38. The normalized spacial score (nSPS) is 21.6. The van der Waals surface area contributed by atoms with E-state index in [0.29, 0.717) is 23.7 Å². The second-order valence-corrected chi connectivity index (χ2v) is 5.94. The molecule has 1 amide bonds. The van der Waals surface area contributed by atoms with E-state index >= 15 is 0 Å². The number of hydrogen-bond acceptors (Lipinski definition) is 5. The second kappa shape index (κ2) is 5.83. The number of anilines is 1. The minimum absolute atomic E-state index is 0.0831. The SMILES string of the molecule is CC(C)OC1(C(=O)Nc2nc3ccc(Cl)cn3n2)CCOC1. The summed E-state index contributed by atoms with van der Waals surface area (Å²) in [7, 11) is 0. The highest BCUT2D eigenvalue weighted by atomic mass is 35.5. The average molecular weight is 325 g/mol. The highest BCUT2D eigenvalue weighted by Crippen LogP contribution is 2.26. The molecule has 1 saturated heterocycles. The molecule has 1 N–H and O–H groups in total. The van der Waals surface area contributed by atoms with Crippen molar-refractivity contribution >= 4 is 29.1 Å². The smallest absolute Gasteiger partial charge is 0.261 e. The Morgan fingerprint density at radius 2 is 2.36 bits per heavy atom. The van der Waals surface area contributed by atoms with E-state index in [0.717, 1.165) is 0 Å². The molecule has 0 spiro atoms. The van der Waals surface area contributed by atoms with Crippen LogP contribution >= 0.6 is 11.6 Å². The number of ether oxygens (including phenoxy) is 2. The Hall–Kier alpha value is -1.70. The number of carbonyl (C=O) groups excluding carboxylic acids is 1. The second-order valence-electron chi connectivity index (χ2n) is 5.50. The van der Waals surface area contributed by atoms with Crippen LogP contribution in [0.25, 0.3) is 5.65 Å². The number of nitrogens with zero attached hydrogens (tertiary/aromatic N) is 3. The van der Waals surface area contributed by atoms with Crippen molar-refractivity contribution in [2.45, 2.75) is 32.0 Å². The van der Waals surface area contributed by atoms with Crippen LogP contribution in [0.4, 0.5) is 5.95 Å². The van der Waals surface area contributed by atoms with Gasteiger partial charge in [-0.15, -0.1) is 5.10 Å². The van der Waals surface area contributed by atoms with Crippen molar-refractivity contribution in [2.75, 3.05) is 18.5 Å². The number of carbonyl (C=O) groups is 1. The summed E-state index contributed by atoms with van der Waals surface area (Å²) >= 11 is 5.90. The number of halogens is 1. The molecule has 8 heteroatoms. The molecular weight excluding hydrogens is 308 g/mol. The van der Waals surface area contributed by atoms with E-state index in [-0.39, 0.29) is 24.6 Å². The Balaban J connectivity index is 1.81. The van der Waals surface area contributed by atoms with Gasteiger partial charge in [-0.05, 0) is 26.0 Å². The standard InChI is InChI=1S/C14H17ClN4O3/c1-9(2)22-14(5-6-21-8-14)12(20)17-13-16-11-4-3-10(15)7-19(11)18-13/h3-4,7,9H,5-6,8H2,1-2H3,(H,17,18,20). The largest absolute Gasteiger partial charge is 0.378 e. The number of amides is 1. The summed E-state index contributed by atoms with van der Waals surface area (Å²) in [5.74, 6) is -0.0772. The van der Waals surface area contributed by atoms with E-state index in [1.807, 2.05) is 13.8 Å². The van der Waals surface area contributed by atoms with Gasteiger partial charge in [-0.3, -0.25) is 10.1 Å². The van der Waals surface area contributed by atoms with E-state index in [1.54, 1.807) is 18.3 Å². The Kier molecular flexibility index (Phi) is 4.03. The summed E-state index contributed by atoms with van der Waals surface area (Å²) in [5, 5.41) is 7.44. The quantitative estimate of drug-likeness (QED) is 0.929. The third-order valence-corrected chi connectivity index (χ3v) is 3.60. The van der Waals surface area contributed by atoms with Crippen LogP contribution in [0.5, 0.6) is 0 Å². The molecule has 22 heavy (non-hydrogen) atoms. The highest BCUT2D eigenvalue weighted by Gasteiger charge is 2.44. The molecule has 1 atom stereocenters. The fourth-order valence-electron chi connectivity index (χ4n) is 2.45. The number of rotatable bonds is 4. The molecule has 1 fully saturated rings. The van der Waals surface area contributed by atoms with Crippen LogP contribution < -0.4 is 5.32 Å². The molecule has 3 rings (SSSR count). The summed E-state index contributed by atoms with van der Waals surface area (Å²) in [5.41, 5.74) is -0.385. The van der Waals surface area contributed by atoms with Crippen LogP contribution in [0.2, 0.25) is 5.02 Å². The number of fused-ring (bicyclic) bond motifs is 1. The molecule has 2 aromatic rings. The van der Waals surface area contributed by atoms with Crippen LogP contribution in [0.15, 0.2) is 18.3 Å². The minimum atomic E-state index is -0.983. The van der Waals surface area contributed by atoms with Crippen molar-refractivity contribution < 1.29 is 14.3 Å². The molecule has 118 valence electrons. The maximum absolute atomic E-state index is 12.6. The van der Waals surface area contributed by atoms with Gasteiger partial charge in [-0.2, -0.15) is 4.98 Å². The molecular formula is C14H17ClN4O3. The van der Waals surface area contributed by atoms with Gasteiger partial charge in [0.15, 0.2) is 11.2 Å². The summed E-state index contributed by atoms with van der Waals surface area (Å²) in [6.45, 7) is 4.50. The van der Waals surface area contributed by atoms with E-state index in [9.17, 15) is 4.79 Å². The highest BCUT2D eigenvalue weighted by molar-refractivity contribution is 6.30. The lowest BCUT2D eigenvalue weighted by Gasteiger charge is -2.28. The monoisotopic (exact) mass is 324 g/mol. The molecule has 3 heterocycles. The van der Waals surface area contributed by atoms with Gasteiger partial charge in [0.05, 0.1) is 24.3 Å². The van der Waals surface area contributed by atoms with Crippen molar-refractivity contribution in [3.05, 3.63) is 23.4 Å². The summed E-state index contributed by atoms with van der Waals surface area (Å²) < 4.78 is 12.7. The lowest BCUT2D eigenvalue weighted by molar-refractivity contribution is -0.147. The summed E-state index contributed by atoms with van der Waals surface area (Å²) in [4.78, 5) is 16.8. The van der Waals surface area contributed by atoms with E-state index in [2.05, 4.69) is 15.4 Å². The van der Waals surface area contributed by atoms with Crippen LogP contribution in [0, 0.1) is 0 Å². The van der Waals surface area contributed by atoms with Gasteiger partial charge in [0.2, 0.25) is 5.95 Å². The summed E-state index contributed by atoms with van der Waals surface area (Å²) in [6, 6.07) is 3.44. The lowest BCUT2D eigenvalue weighted by Crippen LogP contribution is -2.47. The Labute approximate surface area is 132 Å². The van der Waals surface area contributed by atoms with Crippen molar-refractivity contribution in [1.82, 2.24) is 14.6 Å². The van der Waals surface area contributed by atoms with Crippen molar-refractivity contribution in [2.24, 2.45) is 0 Å². The molecule has 0 aliphatic carbocycles. The molecule has 1 aliphatic rings. The van der Waals surface area contributed by atoms with Crippen LogP contribution in [-0.2, 0) is 14.3 Å². The number of pyridine rings is 1. The lowest BCUT2D eigenvalue weighted by atomic mass is 10.0. The maximum atomic E-state index is 12.6. The third kappa shape index (κ3) is 2.92. The van der Waals surface area contributed by atoms with Gasteiger partial charge < -0.3 is 9.47 Å². The van der Waals surface area contributed by atoms with Crippen molar-refractivity contribution in [3.8, 4) is 0 Å². The fourth-order valence-corrected chi connectivity index (χ4v) is 2.60. The van der Waals surface area contributed by atoms with Crippen molar-refractivity contribution in [3.63, 3.8) is 0 Å². The van der Waals surface area contributed by atoms with E-state index < -0.39 is 5.60 Å². The first-order chi connectivity index (χ1) is 10.5. The molecule has 1 unspecified atom stereocenters. The van der Waals surface area contributed by atoms with Gasteiger partial charge >= 0.3 is 0 Å². The first kappa shape index (κ1) is 15.2. The molecule has 0 saturated carbocycles. The van der Waals surface area contributed by atoms with Crippen LogP contribution in [-0.4, -0.2) is 45.4 Å². The Morgan fingerprint density at radius 3 is 3.05 bits per heavy atom. The maximum Gasteiger partial charge on any atom is 0.261 e. The number of aromatic nitrogens is 3. The Bertz CT molecular complexity index is 694. The first-order valence-corrected chi connectivity index (χ1v) is 7.45. The van der Waals surface area contributed by atoms with E-state index in [1.165, 1.54) is 4.52 Å². The van der Waals surface area contributed by atoms with Gasteiger partial charge in [0.1, 0.15) is 0 Å². The molecule has 0 aromatic carbocycles. The number of nitrogens with one attached hydrogen (secondary N) is 1. The minimum Gasteiger partial charge on any atom is -0.378 e. The molecule has 1 aliphatic heterocycles. The zero-order valence-corrected chi connectivity index (χ0v) is 13.1. The number of hydrogen-bond donors (Lipinski definition) is 1. The van der Waals surface area contributed by atoms with Gasteiger partial charge in [-0.25, -0.2) is 4.52 Å². The van der Waals surface area contributed by atoms with Crippen LogP contribution in [0.1, 0.15) is 20.3 Å². The predicted molar refractivity (Wildman–Crippen MR) is 81.0 cm³/mol. The van der Waals surface area contributed by atoms with Crippen molar-refractivity contribution in [1.29, 1.82) is 0 Å².